The lowest BCUT2D eigenvalue weighted by Gasteiger charge is -2.31. The number of fused-ring (bicyclic) bond motifs is 1. The number of nitrogens with two attached hydrogens (primary N) is 1. The average Bonchev–Trinajstić information content (AvgIpc) is 3.25. The molecule has 9 heteroatoms. The second-order valence-corrected chi connectivity index (χ2v) is 8.91. The highest BCUT2D eigenvalue weighted by molar-refractivity contribution is 6.04. The van der Waals surface area contributed by atoms with E-state index in [0.29, 0.717) is 54.2 Å². The summed E-state index contributed by atoms with van der Waals surface area (Å²) in [6.07, 6.45) is 4.52. The number of hydrogen-bond acceptors (Lipinski definition) is 6. The van der Waals surface area contributed by atoms with Gasteiger partial charge in [-0.05, 0) is 31.0 Å². The van der Waals surface area contributed by atoms with E-state index in [2.05, 4.69) is 22.1 Å². The molecule has 0 bridgehead atoms. The van der Waals surface area contributed by atoms with Crippen LogP contribution in [0.15, 0.2) is 41.3 Å². The zero-order valence-electron chi connectivity index (χ0n) is 20.8. The number of nitrogens with zero attached hydrogens (tertiary/aromatic N) is 4. The van der Waals surface area contributed by atoms with Crippen molar-refractivity contribution >= 4 is 34.4 Å². The van der Waals surface area contributed by atoms with E-state index in [9.17, 15) is 14.4 Å². The van der Waals surface area contributed by atoms with Crippen molar-refractivity contribution in [1.29, 1.82) is 0 Å². The lowest BCUT2D eigenvalue weighted by molar-refractivity contribution is -0.115. The highest BCUT2D eigenvalue weighted by atomic mass is 16.2. The maximum absolute atomic E-state index is 13.6. The van der Waals surface area contributed by atoms with Crippen molar-refractivity contribution in [2.75, 3.05) is 23.3 Å². The van der Waals surface area contributed by atoms with Crippen molar-refractivity contribution in [3.8, 4) is 11.8 Å². The predicted molar refractivity (Wildman–Crippen MR) is 141 cm³/mol. The number of pyridine rings is 1. The first-order valence-electron chi connectivity index (χ1n) is 12.4. The first-order chi connectivity index (χ1) is 17.4. The average molecular weight is 489 g/mol. The summed E-state index contributed by atoms with van der Waals surface area (Å²) in [5.74, 6) is 6.41. The van der Waals surface area contributed by atoms with Gasteiger partial charge in [0.15, 0.2) is 5.78 Å². The van der Waals surface area contributed by atoms with Crippen LogP contribution in [-0.2, 0) is 17.9 Å². The minimum Gasteiger partial charge on any atom is -0.341 e. The van der Waals surface area contributed by atoms with Gasteiger partial charge < -0.3 is 20.5 Å². The van der Waals surface area contributed by atoms with Crippen LogP contribution in [0.4, 0.5) is 11.6 Å². The van der Waals surface area contributed by atoms with Gasteiger partial charge in [-0.3, -0.25) is 19.0 Å². The van der Waals surface area contributed by atoms with Gasteiger partial charge in [-0.25, -0.2) is 4.98 Å². The molecular formula is C27H32N6O3. The molecule has 0 spiro atoms. The molecule has 0 radical (unpaired) electrons. The maximum Gasteiger partial charge on any atom is 0.277 e. The van der Waals surface area contributed by atoms with Gasteiger partial charge in [0, 0.05) is 43.7 Å². The van der Waals surface area contributed by atoms with Crippen molar-refractivity contribution in [3.05, 3.63) is 52.4 Å². The van der Waals surface area contributed by atoms with Gasteiger partial charge in [0.25, 0.3) is 5.56 Å². The van der Waals surface area contributed by atoms with Crippen LogP contribution >= 0.6 is 0 Å². The summed E-state index contributed by atoms with van der Waals surface area (Å²) < 4.78 is 3.23. The predicted octanol–water partition coefficient (Wildman–Crippen LogP) is 2.77. The summed E-state index contributed by atoms with van der Waals surface area (Å²) in [6, 6.07) is 8.63. The quantitative estimate of drug-likeness (QED) is 0.390. The van der Waals surface area contributed by atoms with Gasteiger partial charge in [0.05, 0.1) is 24.3 Å². The van der Waals surface area contributed by atoms with Gasteiger partial charge >= 0.3 is 0 Å². The van der Waals surface area contributed by atoms with Gasteiger partial charge in [-0.2, -0.15) is 0 Å². The largest absolute Gasteiger partial charge is 0.341 e. The molecule has 0 aliphatic carbocycles. The normalized spacial score (nSPS) is 15.4. The molecule has 188 valence electrons. The number of Topliss-reactive ketones (excluding diaryl/α,β-unsaturated/α-hetero) is 1. The molecule has 4 rings (SSSR count). The minimum atomic E-state index is -0.311. The third-order valence-corrected chi connectivity index (χ3v) is 6.27. The van der Waals surface area contributed by atoms with Gasteiger partial charge in [0.1, 0.15) is 5.52 Å². The molecule has 1 aromatic carbocycles. The molecule has 3 N–H and O–H groups in total. The van der Waals surface area contributed by atoms with Crippen molar-refractivity contribution in [2.45, 2.75) is 58.7 Å². The van der Waals surface area contributed by atoms with Gasteiger partial charge in [0.2, 0.25) is 11.9 Å². The number of nitrogens with one attached hydrogen (secondary N) is 1. The number of benzene rings is 1. The maximum atomic E-state index is 13.6. The Labute approximate surface area is 210 Å². The number of piperidine rings is 1. The fourth-order valence-electron chi connectivity index (χ4n) is 4.45. The van der Waals surface area contributed by atoms with Crippen molar-refractivity contribution < 1.29 is 9.59 Å². The molecule has 1 unspecified atom stereocenters. The first kappa shape index (κ1) is 25.2. The summed E-state index contributed by atoms with van der Waals surface area (Å²) in [6.45, 7) is 5.36. The summed E-state index contributed by atoms with van der Waals surface area (Å²) in [5.41, 5.74) is 7.67. The molecule has 1 saturated heterocycles. The Morgan fingerprint density at radius 2 is 2.00 bits per heavy atom. The zero-order valence-corrected chi connectivity index (χ0v) is 20.8. The van der Waals surface area contributed by atoms with Crippen LogP contribution in [0.3, 0.4) is 0 Å². The number of anilines is 2. The Morgan fingerprint density at radius 3 is 2.75 bits per heavy atom. The summed E-state index contributed by atoms with van der Waals surface area (Å²) in [5, 5.41) is 2.76. The molecule has 9 nitrogen and oxygen atoms in total. The molecule has 2 aromatic heterocycles. The van der Waals surface area contributed by atoms with Crippen LogP contribution in [-0.4, -0.2) is 44.9 Å². The van der Waals surface area contributed by atoms with Gasteiger partial charge in [-0.1, -0.05) is 31.9 Å². The molecule has 1 aliphatic heterocycles. The Kier molecular flexibility index (Phi) is 7.86. The first-order valence-corrected chi connectivity index (χ1v) is 12.4. The zero-order chi connectivity index (χ0) is 25.7. The van der Waals surface area contributed by atoms with E-state index in [1.165, 1.54) is 4.57 Å². The van der Waals surface area contributed by atoms with Crippen LogP contribution in [0.2, 0.25) is 0 Å². The van der Waals surface area contributed by atoms with Crippen LogP contribution in [0, 0.1) is 11.8 Å². The number of carbonyl (C=O) groups excluding carboxylic acids is 2. The molecule has 36 heavy (non-hydrogen) atoms. The molecule has 1 aliphatic rings. The topological polar surface area (TPSA) is 115 Å². The molecule has 1 amide bonds. The van der Waals surface area contributed by atoms with E-state index in [1.807, 2.05) is 11.5 Å². The fourth-order valence-corrected chi connectivity index (χ4v) is 4.45. The Bertz CT molecular complexity index is 1390. The number of amides is 1. The van der Waals surface area contributed by atoms with Gasteiger partial charge in [-0.15, -0.1) is 5.92 Å². The fraction of sp³-hybridized carbons (Fsp3) is 0.407. The highest BCUT2D eigenvalue weighted by Crippen LogP contribution is 2.24. The minimum absolute atomic E-state index is 0.0521. The third-order valence-electron chi connectivity index (χ3n) is 6.27. The molecule has 0 saturated carbocycles. The number of para-hydroxylation sites is 1. The smallest absolute Gasteiger partial charge is 0.277 e. The van der Waals surface area contributed by atoms with E-state index in [1.54, 1.807) is 43.5 Å². The van der Waals surface area contributed by atoms with E-state index in [0.717, 1.165) is 19.4 Å². The number of rotatable bonds is 7. The van der Waals surface area contributed by atoms with E-state index < -0.39 is 0 Å². The van der Waals surface area contributed by atoms with Crippen molar-refractivity contribution in [1.82, 2.24) is 14.1 Å². The summed E-state index contributed by atoms with van der Waals surface area (Å²) in [4.78, 5) is 45.6. The number of ketones is 1. The SMILES string of the molecule is CCC#CCn1c(N2CCCC(N)C2)nc2ccn(CC(=O)c3ccccc3NC(=O)CC)c(=O)c21. The van der Waals surface area contributed by atoms with E-state index in [4.69, 9.17) is 10.7 Å². The molecule has 3 heterocycles. The number of aromatic nitrogens is 3. The Morgan fingerprint density at radius 1 is 1.19 bits per heavy atom. The number of hydrogen-bond donors (Lipinski definition) is 2. The lowest BCUT2D eigenvalue weighted by Crippen LogP contribution is -2.44. The van der Waals surface area contributed by atoms with Crippen LogP contribution in [0.1, 0.15) is 49.9 Å². The standard InChI is InChI=1S/C27H32N6O3/c1-3-5-8-15-33-25-22(30-27(33)32-14-9-10-19(28)17-32)13-16-31(26(25)36)18-23(34)20-11-6-7-12-21(20)29-24(35)4-2/h6-7,11-13,16,19H,3-4,9-10,14-15,17-18,28H2,1-2H3,(H,29,35). The third kappa shape index (κ3) is 5.34. The van der Waals surface area contributed by atoms with Crippen LogP contribution < -0.4 is 21.5 Å². The molecule has 3 aromatic rings. The van der Waals surface area contributed by atoms with Crippen molar-refractivity contribution in [3.63, 3.8) is 0 Å². The van der Waals surface area contributed by atoms with Crippen molar-refractivity contribution in [2.24, 2.45) is 5.73 Å². The van der Waals surface area contributed by atoms with Crippen LogP contribution in [0.25, 0.3) is 11.0 Å². The second kappa shape index (κ2) is 11.2. The van der Waals surface area contributed by atoms with E-state index in [-0.39, 0.29) is 29.8 Å². The summed E-state index contributed by atoms with van der Waals surface area (Å²) >= 11 is 0. The summed E-state index contributed by atoms with van der Waals surface area (Å²) in [7, 11) is 0. The highest BCUT2D eigenvalue weighted by Gasteiger charge is 2.24. The number of imidazole rings is 1. The molecule has 1 fully saturated rings. The monoisotopic (exact) mass is 488 g/mol. The van der Waals surface area contributed by atoms with Crippen LogP contribution in [0.5, 0.6) is 0 Å². The molecule has 1 atom stereocenters. The van der Waals surface area contributed by atoms with E-state index >= 15 is 0 Å². The Balaban J connectivity index is 1.72. The second-order valence-electron chi connectivity index (χ2n) is 8.91. The lowest BCUT2D eigenvalue weighted by atomic mass is 10.1. The number of carbonyl (C=O) groups is 2. The Hall–Kier alpha value is -3.90. The molecular weight excluding hydrogens is 456 g/mol.